The average molecular weight is 286 g/mol. The number of hydrogen-bond acceptors (Lipinski definition) is 2. The fraction of sp³-hybridized carbons (Fsp3) is 0.684. The van der Waals surface area contributed by atoms with Crippen molar-refractivity contribution in [1.82, 2.24) is 10.2 Å². The zero-order chi connectivity index (χ0) is 14.7. The molecule has 0 bridgehead atoms. The summed E-state index contributed by atoms with van der Waals surface area (Å²) in [5.41, 5.74) is 1.92. The van der Waals surface area contributed by atoms with Gasteiger partial charge in [-0.25, -0.2) is 0 Å². The second-order valence-electron chi connectivity index (χ2n) is 7.21. The largest absolute Gasteiger partial charge is 0.311 e. The average Bonchev–Trinajstić information content (AvgIpc) is 2.96. The summed E-state index contributed by atoms with van der Waals surface area (Å²) in [5, 5.41) is 3.80. The Hall–Kier alpha value is -0.860. The summed E-state index contributed by atoms with van der Waals surface area (Å²) in [6, 6.07) is 12.3. The van der Waals surface area contributed by atoms with Crippen molar-refractivity contribution in [2.24, 2.45) is 0 Å². The van der Waals surface area contributed by atoms with Gasteiger partial charge in [0.05, 0.1) is 0 Å². The Labute approximate surface area is 129 Å². The van der Waals surface area contributed by atoms with Gasteiger partial charge in [0.1, 0.15) is 0 Å². The molecule has 0 aromatic heterocycles. The van der Waals surface area contributed by atoms with Crippen molar-refractivity contribution >= 4 is 0 Å². The molecule has 2 aliphatic rings. The molecule has 1 aliphatic heterocycles. The molecule has 2 nitrogen and oxygen atoms in total. The second-order valence-corrected chi connectivity index (χ2v) is 7.21. The van der Waals surface area contributed by atoms with Crippen LogP contribution in [-0.4, -0.2) is 35.6 Å². The van der Waals surface area contributed by atoms with E-state index in [1.165, 1.54) is 44.2 Å². The van der Waals surface area contributed by atoms with Crippen LogP contribution in [0.5, 0.6) is 0 Å². The number of benzene rings is 1. The smallest absolute Gasteiger partial charge is 0.0236 e. The summed E-state index contributed by atoms with van der Waals surface area (Å²) >= 11 is 0. The van der Waals surface area contributed by atoms with E-state index in [-0.39, 0.29) is 0 Å². The third-order valence-corrected chi connectivity index (χ3v) is 5.67. The lowest BCUT2D eigenvalue weighted by atomic mass is 9.91. The molecular formula is C19H30N2. The molecule has 116 valence electrons. The van der Waals surface area contributed by atoms with E-state index in [1.54, 1.807) is 0 Å². The van der Waals surface area contributed by atoms with Gasteiger partial charge in [-0.2, -0.15) is 0 Å². The Balaban J connectivity index is 1.69. The molecule has 1 aliphatic carbocycles. The van der Waals surface area contributed by atoms with Gasteiger partial charge >= 0.3 is 0 Å². The maximum Gasteiger partial charge on any atom is 0.0236 e. The van der Waals surface area contributed by atoms with E-state index in [9.17, 15) is 0 Å². The zero-order valence-corrected chi connectivity index (χ0v) is 13.6. The first kappa shape index (κ1) is 15.1. The lowest BCUT2D eigenvalue weighted by molar-refractivity contribution is 0.0216. The highest BCUT2D eigenvalue weighted by atomic mass is 15.3. The van der Waals surface area contributed by atoms with Gasteiger partial charge in [0.25, 0.3) is 0 Å². The Bertz CT molecular complexity index is 436. The van der Waals surface area contributed by atoms with Crippen LogP contribution in [0.2, 0.25) is 0 Å². The molecule has 2 unspecified atom stereocenters. The van der Waals surface area contributed by atoms with Gasteiger partial charge in [0, 0.05) is 30.7 Å². The van der Waals surface area contributed by atoms with Crippen molar-refractivity contribution in [3.63, 3.8) is 0 Å². The van der Waals surface area contributed by atoms with E-state index in [0.29, 0.717) is 11.6 Å². The second kappa shape index (κ2) is 6.50. The summed E-state index contributed by atoms with van der Waals surface area (Å²) < 4.78 is 0. The highest BCUT2D eigenvalue weighted by Gasteiger charge is 2.41. The van der Waals surface area contributed by atoms with E-state index in [1.807, 2.05) is 0 Å². The predicted octanol–water partition coefficient (Wildman–Crippen LogP) is 3.61. The Morgan fingerprint density at radius 2 is 1.90 bits per heavy atom. The third kappa shape index (κ3) is 3.32. The molecule has 0 amide bonds. The van der Waals surface area contributed by atoms with Crippen LogP contribution in [0.1, 0.15) is 51.5 Å². The van der Waals surface area contributed by atoms with Crippen LogP contribution >= 0.6 is 0 Å². The molecule has 2 atom stereocenters. The van der Waals surface area contributed by atoms with Crippen molar-refractivity contribution in [2.45, 2.75) is 70.0 Å². The van der Waals surface area contributed by atoms with E-state index >= 15 is 0 Å². The molecule has 3 rings (SSSR count). The minimum Gasteiger partial charge on any atom is -0.311 e. The zero-order valence-electron chi connectivity index (χ0n) is 13.6. The fourth-order valence-corrected chi connectivity index (χ4v) is 4.35. The predicted molar refractivity (Wildman–Crippen MR) is 89.6 cm³/mol. The van der Waals surface area contributed by atoms with Gasteiger partial charge in [-0.1, -0.05) is 50.1 Å². The van der Waals surface area contributed by atoms with Crippen molar-refractivity contribution in [2.75, 3.05) is 13.1 Å². The minimum absolute atomic E-state index is 0.456. The van der Waals surface area contributed by atoms with Gasteiger partial charge in [0.15, 0.2) is 0 Å². The van der Waals surface area contributed by atoms with E-state index in [0.717, 1.165) is 19.0 Å². The van der Waals surface area contributed by atoms with Crippen LogP contribution in [0.4, 0.5) is 0 Å². The number of piperazine rings is 1. The number of nitrogens with zero attached hydrogens (tertiary/aromatic N) is 1. The number of nitrogens with one attached hydrogen (secondary N) is 1. The molecule has 2 heteroatoms. The van der Waals surface area contributed by atoms with Crippen molar-refractivity contribution < 1.29 is 0 Å². The molecule has 0 radical (unpaired) electrons. The molecule has 2 fully saturated rings. The van der Waals surface area contributed by atoms with Crippen LogP contribution in [-0.2, 0) is 6.42 Å². The summed E-state index contributed by atoms with van der Waals surface area (Å²) in [6.45, 7) is 7.22. The molecule has 1 N–H and O–H groups in total. The quantitative estimate of drug-likeness (QED) is 0.909. The first-order valence-corrected chi connectivity index (χ1v) is 8.75. The molecular weight excluding hydrogens is 256 g/mol. The molecule has 1 aromatic rings. The van der Waals surface area contributed by atoms with Crippen LogP contribution in [0.3, 0.4) is 0 Å². The van der Waals surface area contributed by atoms with Crippen LogP contribution in [0, 0.1) is 0 Å². The highest BCUT2D eigenvalue weighted by molar-refractivity contribution is 5.16. The van der Waals surface area contributed by atoms with Crippen molar-refractivity contribution in [3.8, 4) is 0 Å². The van der Waals surface area contributed by atoms with Gasteiger partial charge in [-0.3, -0.25) is 4.90 Å². The van der Waals surface area contributed by atoms with E-state index < -0.39 is 0 Å². The Morgan fingerprint density at radius 3 is 2.57 bits per heavy atom. The summed E-state index contributed by atoms with van der Waals surface area (Å²) in [6.07, 6.45) is 8.04. The van der Waals surface area contributed by atoms with Gasteiger partial charge in [-0.15, -0.1) is 0 Å². The molecule has 1 aromatic carbocycles. The normalized spacial score (nSPS) is 29.6. The summed E-state index contributed by atoms with van der Waals surface area (Å²) in [5.74, 6) is 0. The molecule has 0 spiro atoms. The fourth-order valence-electron chi connectivity index (χ4n) is 4.35. The molecule has 1 saturated carbocycles. The van der Waals surface area contributed by atoms with Gasteiger partial charge < -0.3 is 5.32 Å². The van der Waals surface area contributed by atoms with Crippen LogP contribution in [0.25, 0.3) is 0 Å². The first-order chi connectivity index (χ1) is 10.2. The van der Waals surface area contributed by atoms with Crippen molar-refractivity contribution in [1.29, 1.82) is 0 Å². The highest BCUT2D eigenvalue weighted by Crippen LogP contribution is 2.37. The van der Waals surface area contributed by atoms with E-state index in [4.69, 9.17) is 0 Å². The SMILES string of the molecule is CCC1CNC(Cc2ccccc2)CN1C1(C)CCCC1. The maximum absolute atomic E-state index is 3.80. The molecule has 1 saturated heterocycles. The lowest BCUT2D eigenvalue weighted by Crippen LogP contribution is -2.63. The Kier molecular flexibility index (Phi) is 4.66. The Morgan fingerprint density at radius 1 is 1.19 bits per heavy atom. The van der Waals surface area contributed by atoms with Crippen LogP contribution < -0.4 is 5.32 Å². The van der Waals surface area contributed by atoms with Crippen molar-refractivity contribution in [3.05, 3.63) is 35.9 Å². The number of hydrogen-bond donors (Lipinski definition) is 1. The lowest BCUT2D eigenvalue weighted by Gasteiger charge is -2.49. The summed E-state index contributed by atoms with van der Waals surface area (Å²) in [4.78, 5) is 2.85. The monoisotopic (exact) mass is 286 g/mol. The standard InChI is InChI=1S/C19H30N2/c1-3-18-14-20-17(13-16-9-5-4-6-10-16)15-21(18)19(2)11-7-8-12-19/h4-6,9-10,17-18,20H,3,7-8,11-15H2,1-2H3. The molecule has 21 heavy (non-hydrogen) atoms. The van der Waals surface area contributed by atoms with Gasteiger partial charge in [-0.05, 0) is 38.2 Å². The number of rotatable bonds is 4. The summed E-state index contributed by atoms with van der Waals surface area (Å²) in [7, 11) is 0. The minimum atomic E-state index is 0.456. The topological polar surface area (TPSA) is 15.3 Å². The molecule has 1 heterocycles. The third-order valence-electron chi connectivity index (χ3n) is 5.67. The van der Waals surface area contributed by atoms with Crippen LogP contribution in [0.15, 0.2) is 30.3 Å². The maximum atomic E-state index is 3.80. The van der Waals surface area contributed by atoms with Gasteiger partial charge in [0.2, 0.25) is 0 Å². The first-order valence-electron chi connectivity index (χ1n) is 8.75. The van der Waals surface area contributed by atoms with E-state index in [2.05, 4.69) is 54.4 Å².